The van der Waals surface area contributed by atoms with Gasteiger partial charge >= 0.3 is 6.18 Å². The second-order valence-electron chi connectivity index (χ2n) is 5.94. The third kappa shape index (κ3) is 7.83. The van der Waals surface area contributed by atoms with Crippen molar-refractivity contribution in [3.8, 4) is 0 Å². The number of non-ortho nitro benzene ring substituents is 1. The molecule has 2 N–H and O–H groups in total. The summed E-state index contributed by atoms with van der Waals surface area (Å²) in [5.41, 5.74) is 1.47. The van der Waals surface area contributed by atoms with Crippen molar-refractivity contribution >= 4 is 29.3 Å². The van der Waals surface area contributed by atoms with Crippen LogP contribution in [0, 0.1) is 10.1 Å². The fourth-order valence-electron chi connectivity index (χ4n) is 2.22. The topological polar surface area (TPSA) is 101 Å². The monoisotopic (exact) mass is 407 g/mol. The Morgan fingerprint density at radius 2 is 1.66 bits per heavy atom. The summed E-state index contributed by atoms with van der Waals surface area (Å²) < 4.78 is 36.2. The van der Waals surface area contributed by atoms with Crippen LogP contribution >= 0.6 is 0 Å². The molecule has 0 aliphatic heterocycles. The zero-order valence-electron chi connectivity index (χ0n) is 14.9. The fraction of sp³-hybridized carbons (Fsp3) is 0.158. The first-order valence-electron chi connectivity index (χ1n) is 8.28. The number of benzene rings is 2. The molecular formula is C19H16F3N3O4. The first-order valence-corrected chi connectivity index (χ1v) is 8.28. The molecule has 0 aliphatic rings. The number of nitrogens with one attached hydrogen (secondary N) is 2. The normalized spacial score (nSPS) is 11.3. The summed E-state index contributed by atoms with van der Waals surface area (Å²) in [6.07, 6.45) is -1.95. The maximum Gasteiger partial charge on any atom is 0.405 e. The minimum atomic E-state index is -4.47. The first-order chi connectivity index (χ1) is 13.6. The van der Waals surface area contributed by atoms with Crippen molar-refractivity contribution in [1.29, 1.82) is 0 Å². The molecule has 2 aromatic carbocycles. The number of amides is 2. The van der Waals surface area contributed by atoms with Crippen LogP contribution in [0.25, 0.3) is 6.08 Å². The van der Waals surface area contributed by atoms with Crippen molar-refractivity contribution in [1.82, 2.24) is 5.32 Å². The number of alkyl halides is 3. The Morgan fingerprint density at radius 1 is 1.03 bits per heavy atom. The van der Waals surface area contributed by atoms with Gasteiger partial charge in [-0.1, -0.05) is 12.1 Å². The fourth-order valence-corrected chi connectivity index (χ4v) is 2.22. The number of halogens is 3. The number of nitrogens with zero attached hydrogens (tertiary/aromatic N) is 1. The van der Waals surface area contributed by atoms with Crippen molar-refractivity contribution in [3.05, 3.63) is 75.8 Å². The van der Waals surface area contributed by atoms with Crippen LogP contribution in [-0.4, -0.2) is 29.5 Å². The van der Waals surface area contributed by atoms with Gasteiger partial charge in [0, 0.05) is 23.9 Å². The number of nitro benzene ring substituents is 1. The zero-order valence-corrected chi connectivity index (χ0v) is 14.9. The van der Waals surface area contributed by atoms with E-state index in [0.29, 0.717) is 16.8 Å². The van der Waals surface area contributed by atoms with E-state index in [9.17, 15) is 32.9 Å². The van der Waals surface area contributed by atoms with E-state index in [1.165, 1.54) is 60.7 Å². The summed E-state index contributed by atoms with van der Waals surface area (Å²) in [6.45, 7) is -1.39. The number of carbonyl (C=O) groups excluding carboxylic acids is 2. The van der Waals surface area contributed by atoms with Gasteiger partial charge in [0.15, 0.2) is 0 Å². The van der Waals surface area contributed by atoms with Crippen LogP contribution in [0.1, 0.15) is 11.1 Å². The predicted molar refractivity (Wildman–Crippen MR) is 100.0 cm³/mol. The minimum absolute atomic E-state index is 0.0567. The predicted octanol–water partition coefficient (Wildman–Crippen LogP) is 3.47. The summed E-state index contributed by atoms with van der Waals surface area (Å²) in [6, 6.07) is 11.7. The Kier molecular flexibility index (Phi) is 7.07. The summed E-state index contributed by atoms with van der Waals surface area (Å²) in [7, 11) is 0. The van der Waals surface area contributed by atoms with Crippen LogP contribution in [0.15, 0.2) is 54.6 Å². The SMILES string of the molecule is O=C(/C=C/c1ccc([N+](=O)[O-])cc1)Nc1ccc(CC(=O)NCC(F)(F)F)cc1. The van der Waals surface area contributed by atoms with E-state index in [2.05, 4.69) is 5.32 Å². The molecule has 0 heterocycles. The van der Waals surface area contributed by atoms with Crippen molar-refractivity contribution in [2.45, 2.75) is 12.6 Å². The van der Waals surface area contributed by atoms with Crippen LogP contribution in [0.2, 0.25) is 0 Å². The largest absolute Gasteiger partial charge is 0.405 e. The van der Waals surface area contributed by atoms with Crippen LogP contribution in [0.3, 0.4) is 0 Å². The molecule has 0 radical (unpaired) electrons. The van der Waals surface area contributed by atoms with Crippen molar-refractivity contribution in [2.24, 2.45) is 0 Å². The van der Waals surface area contributed by atoms with Crippen LogP contribution in [0.4, 0.5) is 24.5 Å². The molecule has 10 heteroatoms. The molecule has 2 aromatic rings. The summed E-state index contributed by atoms with van der Waals surface area (Å²) in [5.74, 6) is -1.20. The van der Waals surface area contributed by atoms with Gasteiger partial charge in [0.05, 0.1) is 11.3 Å². The van der Waals surface area contributed by atoms with Crippen LogP contribution in [0.5, 0.6) is 0 Å². The van der Waals surface area contributed by atoms with Crippen molar-refractivity contribution in [2.75, 3.05) is 11.9 Å². The summed E-state index contributed by atoms with van der Waals surface area (Å²) >= 11 is 0. The number of anilines is 1. The zero-order chi connectivity index (χ0) is 21.4. The van der Waals surface area contributed by atoms with Gasteiger partial charge in [-0.2, -0.15) is 13.2 Å². The minimum Gasteiger partial charge on any atom is -0.347 e. The third-order valence-electron chi connectivity index (χ3n) is 3.60. The van der Waals surface area contributed by atoms with Gasteiger partial charge in [-0.05, 0) is 41.5 Å². The van der Waals surface area contributed by atoms with Crippen LogP contribution in [-0.2, 0) is 16.0 Å². The number of nitro groups is 1. The van der Waals surface area contributed by atoms with E-state index >= 15 is 0 Å². The van der Waals surface area contributed by atoms with Gasteiger partial charge in [-0.3, -0.25) is 19.7 Å². The summed E-state index contributed by atoms with van der Waals surface area (Å²) in [5, 5.41) is 15.0. The molecule has 0 bridgehead atoms. The average molecular weight is 407 g/mol. The van der Waals surface area contributed by atoms with Crippen LogP contribution < -0.4 is 10.6 Å². The second-order valence-corrected chi connectivity index (χ2v) is 5.94. The highest BCUT2D eigenvalue weighted by molar-refractivity contribution is 6.01. The lowest BCUT2D eigenvalue weighted by Gasteiger charge is -2.08. The van der Waals surface area contributed by atoms with E-state index < -0.39 is 29.5 Å². The molecule has 0 aliphatic carbocycles. The molecule has 0 saturated carbocycles. The molecule has 2 amide bonds. The average Bonchev–Trinajstić information content (AvgIpc) is 2.66. The standard InChI is InChI=1S/C19H16F3N3O4/c20-19(21,22)12-23-18(27)11-14-1-6-15(7-2-14)24-17(26)10-5-13-3-8-16(9-4-13)25(28)29/h1-10H,11-12H2,(H,23,27)(H,24,26)/b10-5+. The summed E-state index contributed by atoms with van der Waals surface area (Å²) in [4.78, 5) is 33.5. The van der Waals surface area contributed by atoms with Crippen molar-refractivity contribution in [3.63, 3.8) is 0 Å². The molecule has 0 unspecified atom stereocenters. The maximum absolute atomic E-state index is 12.1. The lowest BCUT2D eigenvalue weighted by atomic mass is 10.1. The van der Waals surface area contributed by atoms with Gasteiger partial charge in [0.2, 0.25) is 11.8 Å². The van der Waals surface area contributed by atoms with E-state index in [1.807, 2.05) is 0 Å². The highest BCUT2D eigenvalue weighted by Gasteiger charge is 2.27. The Morgan fingerprint density at radius 3 is 2.21 bits per heavy atom. The lowest BCUT2D eigenvalue weighted by molar-refractivity contribution is -0.384. The van der Waals surface area contributed by atoms with E-state index in [0.717, 1.165) is 0 Å². The maximum atomic E-state index is 12.1. The Hall–Kier alpha value is -3.69. The molecule has 7 nitrogen and oxygen atoms in total. The Balaban J connectivity index is 1.86. The number of hydrogen-bond acceptors (Lipinski definition) is 4. The van der Waals surface area contributed by atoms with Gasteiger partial charge in [0.25, 0.3) is 5.69 Å². The van der Waals surface area contributed by atoms with E-state index in [1.54, 1.807) is 5.32 Å². The highest BCUT2D eigenvalue weighted by Crippen LogP contribution is 2.14. The van der Waals surface area contributed by atoms with Gasteiger partial charge < -0.3 is 10.6 Å². The smallest absolute Gasteiger partial charge is 0.347 e. The molecular weight excluding hydrogens is 391 g/mol. The third-order valence-corrected chi connectivity index (χ3v) is 3.60. The Bertz CT molecular complexity index is 908. The molecule has 0 saturated heterocycles. The van der Waals surface area contributed by atoms with Gasteiger partial charge in [-0.15, -0.1) is 0 Å². The van der Waals surface area contributed by atoms with E-state index in [-0.39, 0.29) is 12.1 Å². The second kappa shape index (κ2) is 9.49. The Labute approximate surface area is 163 Å². The molecule has 2 rings (SSSR count). The number of carbonyl (C=O) groups is 2. The number of hydrogen-bond donors (Lipinski definition) is 2. The highest BCUT2D eigenvalue weighted by atomic mass is 19.4. The van der Waals surface area contributed by atoms with Gasteiger partial charge in [0.1, 0.15) is 6.54 Å². The molecule has 0 fully saturated rings. The molecule has 29 heavy (non-hydrogen) atoms. The quantitative estimate of drug-likeness (QED) is 0.417. The number of rotatable bonds is 7. The molecule has 0 aromatic heterocycles. The lowest BCUT2D eigenvalue weighted by Crippen LogP contribution is -2.34. The van der Waals surface area contributed by atoms with Crippen molar-refractivity contribution < 1.29 is 27.7 Å². The van der Waals surface area contributed by atoms with Gasteiger partial charge in [-0.25, -0.2) is 0 Å². The molecule has 0 spiro atoms. The van der Waals surface area contributed by atoms with E-state index in [4.69, 9.17) is 0 Å². The first kappa shape index (κ1) is 21.6. The molecule has 0 atom stereocenters. The molecule has 152 valence electrons.